The van der Waals surface area contributed by atoms with E-state index in [9.17, 15) is 24.6 Å². The minimum Gasteiger partial charge on any atom is -0.481 e. The van der Waals surface area contributed by atoms with E-state index >= 15 is 0 Å². The summed E-state index contributed by atoms with van der Waals surface area (Å²) < 4.78 is 12.5. The summed E-state index contributed by atoms with van der Waals surface area (Å²) in [7, 11) is 1.47. The van der Waals surface area contributed by atoms with Crippen molar-refractivity contribution in [3.63, 3.8) is 0 Å². The third kappa shape index (κ3) is 10.5. The van der Waals surface area contributed by atoms with Gasteiger partial charge in [0.15, 0.2) is 0 Å². The maximum Gasteiger partial charge on any atom is 0.306 e. The molecule has 1 aliphatic rings. The molecule has 0 unspecified atom stereocenters. The number of rotatable bonds is 18. The molecule has 1 amide bonds. The third-order valence-corrected chi connectivity index (χ3v) is 10.1. The molecule has 16 heteroatoms. The van der Waals surface area contributed by atoms with Crippen LogP contribution < -0.4 is 25.4 Å². The lowest BCUT2D eigenvalue weighted by Crippen LogP contribution is -2.28. The number of aliphatic hydroxyl groups excluding tert-OH is 2. The largest absolute Gasteiger partial charge is 0.481 e. The number of aliphatic carboxylic acids is 2. The zero-order chi connectivity index (χ0) is 38.9. The molecule has 1 aliphatic carbocycles. The van der Waals surface area contributed by atoms with Crippen LogP contribution in [0.2, 0.25) is 10.0 Å². The summed E-state index contributed by atoms with van der Waals surface area (Å²) >= 11 is 17.1. The van der Waals surface area contributed by atoms with Gasteiger partial charge in [0.25, 0.3) is 5.91 Å². The minimum atomic E-state index is -1.09. The van der Waals surface area contributed by atoms with Gasteiger partial charge in [0.05, 0.1) is 42.7 Å². The molecule has 1 heterocycles. The summed E-state index contributed by atoms with van der Waals surface area (Å²) in [6, 6.07) is 18.1. The molecule has 0 radical (unpaired) electrons. The molecular weight excluding hydrogens is 807 g/mol. The summed E-state index contributed by atoms with van der Waals surface area (Å²) in [6.07, 6.45) is -1.85. The van der Waals surface area contributed by atoms with Gasteiger partial charge in [-0.2, -0.15) is 4.98 Å². The van der Waals surface area contributed by atoms with Crippen molar-refractivity contribution in [1.29, 1.82) is 0 Å². The molecule has 286 valence electrons. The molecule has 0 bridgehead atoms. The Morgan fingerprint density at radius 1 is 0.889 bits per heavy atom. The molecular formula is C38H39BrCl2N4O9. The SMILES string of the molecule is COc1nc(O[C@H]2CCc3c(-c4cccc(C(=O)Nc5ccc(CNC[C@@H](O)CC(=O)O)c(Br)c5)c4Cl)cccc32)c(Cl)cc1CNC[C@@H](O)CC(=O)O. The molecule has 0 spiro atoms. The number of ether oxygens (including phenoxy) is 2. The number of hydrogen-bond donors (Lipinski definition) is 7. The number of halogens is 3. The number of carboxylic acid groups (broad SMARTS) is 2. The molecule has 13 nitrogen and oxygen atoms in total. The van der Waals surface area contributed by atoms with Crippen molar-refractivity contribution in [3.05, 3.63) is 103 Å². The van der Waals surface area contributed by atoms with Crippen molar-refractivity contribution in [2.75, 3.05) is 25.5 Å². The van der Waals surface area contributed by atoms with Gasteiger partial charge in [-0.15, -0.1) is 0 Å². The first-order valence-electron chi connectivity index (χ1n) is 17.0. The van der Waals surface area contributed by atoms with Gasteiger partial charge in [-0.3, -0.25) is 14.4 Å². The average Bonchev–Trinajstić information content (AvgIpc) is 3.52. The first kappa shape index (κ1) is 40.9. The van der Waals surface area contributed by atoms with Gasteiger partial charge < -0.3 is 45.9 Å². The Balaban J connectivity index is 1.27. The van der Waals surface area contributed by atoms with Gasteiger partial charge in [0.1, 0.15) is 11.1 Å². The molecule has 4 aromatic rings. The smallest absolute Gasteiger partial charge is 0.306 e. The molecule has 3 atom stereocenters. The zero-order valence-electron chi connectivity index (χ0n) is 29.1. The van der Waals surface area contributed by atoms with Gasteiger partial charge in [-0.25, -0.2) is 0 Å². The number of nitrogens with zero attached hydrogens (tertiary/aromatic N) is 1. The predicted octanol–water partition coefficient (Wildman–Crippen LogP) is 6.00. The average molecular weight is 847 g/mol. The highest BCUT2D eigenvalue weighted by Gasteiger charge is 2.29. The topological polar surface area (TPSA) is 200 Å². The molecule has 0 saturated carbocycles. The van der Waals surface area contributed by atoms with E-state index < -0.39 is 30.1 Å². The first-order chi connectivity index (χ1) is 25.8. The zero-order valence-corrected chi connectivity index (χ0v) is 32.2. The van der Waals surface area contributed by atoms with E-state index in [1.165, 1.54) is 7.11 Å². The third-order valence-electron chi connectivity index (χ3n) is 8.70. The van der Waals surface area contributed by atoms with Gasteiger partial charge in [0.2, 0.25) is 11.8 Å². The van der Waals surface area contributed by atoms with Gasteiger partial charge in [0, 0.05) is 47.5 Å². The number of anilines is 1. The molecule has 1 aromatic heterocycles. The summed E-state index contributed by atoms with van der Waals surface area (Å²) in [6.45, 7) is 0.779. The fraction of sp³-hybridized carbons (Fsp3) is 0.316. The van der Waals surface area contributed by atoms with Crippen molar-refractivity contribution < 1.29 is 44.3 Å². The van der Waals surface area contributed by atoms with Gasteiger partial charge in [-0.05, 0) is 59.4 Å². The van der Waals surface area contributed by atoms with Crippen LogP contribution >= 0.6 is 39.1 Å². The molecule has 5 rings (SSSR count). The number of hydrogen-bond acceptors (Lipinski definition) is 10. The van der Waals surface area contributed by atoms with Crippen LogP contribution in [0.5, 0.6) is 11.8 Å². The number of methoxy groups -OCH3 is 1. The number of amides is 1. The van der Waals surface area contributed by atoms with Gasteiger partial charge in [-0.1, -0.05) is 75.5 Å². The number of fused-ring (bicyclic) bond motifs is 1. The quantitative estimate of drug-likeness (QED) is 0.0618. The number of carboxylic acids is 2. The number of benzene rings is 3. The van der Waals surface area contributed by atoms with E-state index in [0.29, 0.717) is 51.3 Å². The lowest BCUT2D eigenvalue weighted by molar-refractivity contribution is -0.140. The molecule has 54 heavy (non-hydrogen) atoms. The van der Waals surface area contributed by atoms with E-state index in [-0.39, 0.29) is 55.4 Å². The Bertz CT molecular complexity index is 2020. The van der Waals surface area contributed by atoms with Crippen molar-refractivity contribution >= 4 is 62.7 Å². The molecule has 3 aromatic carbocycles. The first-order valence-corrected chi connectivity index (χ1v) is 18.5. The van der Waals surface area contributed by atoms with Crippen molar-refractivity contribution in [2.24, 2.45) is 0 Å². The highest BCUT2D eigenvalue weighted by Crippen LogP contribution is 2.43. The Morgan fingerprint density at radius 3 is 2.19 bits per heavy atom. The Labute approximate surface area is 329 Å². The molecule has 0 saturated heterocycles. The maximum atomic E-state index is 13.5. The lowest BCUT2D eigenvalue weighted by atomic mass is 9.95. The minimum absolute atomic E-state index is 0.0580. The number of pyridine rings is 1. The summed E-state index contributed by atoms with van der Waals surface area (Å²) in [4.78, 5) is 39.6. The molecule has 0 fully saturated rings. The normalized spacial score (nSPS) is 14.6. The highest BCUT2D eigenvalue weighted by atomic mass is 79.9. The van der Waals surface area contributed by atoms with Crippen molar-refractivity contribution in [1.82, 2.24) is 15.6 Å². The number of nitrogens with one attached hydrogen (secondary N) is 3. The predicted molar refractivity (Wildman–Crippen MR) is 206 cm³/mol. The molecule has 0 aliphatic heterocycles. The summed E-state index contributed by atoms with van der Waals surface area (Å²) in [5.41, 5.74) is 5.80. The second-order valence-electron chi connectivity index (χ2n) is 12.7. The summed E-state index contributed by atoms with van der Waals surface area (Å²) in [5, 5.41) is 46.8. The Hall–Kier alpha value is -4.28. The maximum absolute atomic E-state index is 13.5. The fourth-order valence-electron chi connectivity index (χ4n) is 6.18. The van der Waals surface area contributed by atoms with Crippen LogP contribution in [-0.4, -0.2) is 75.7 Å². The lowest BCUT2D eigenvalue weighted by Gasteiger charge is -2.18. The van der Waals surface area contributed by atoms with E-state index in [0.717, 1.165) is 22.3 Å². The van der Waals surface area contributed by atoms with E-state index in [1.54, 1.807) is 30.3 Å². The second kappa shape index (κ2) is 18.8. The standard InChI is InChI=1S/C38H39BrCl2N4O9/c1-53-37-21(17-43-19-24(47)15-34(50)51)12-31(40)38(45-37)54-32-11-10-26-25(4-2-5-27(26)32)28-6-3-7-29(35(28)41)36(52)44-22-9-8-20(30(39)13-22)16-42-18-23(46)14-33(48)49/h2-9,12-13,23-24,32,42-43,46-47H,10-11,14-19H2,1H3,(H,44,52)(H,48,49)(H,50,51)/t23-,24-,32-/m0/s1. The van der Waals surface area contributed by atoms with E-state index in [2.05, 4.69) is 36.9 Å². The van der Waals surface area contributed by atoms with Crippen LogP contribution in [0, 0.1) is 0 Å². The van der Waals surface area contributed by atoms with Crippen LogP contribution in [0.1, 0.15) is 58.0 Å². The van der Waals surface area contributed by atoms with Crippen LogP contribution in [0.3, 0.4) is 0 Å². The van der Waals surface area contributed by atoms with Crippen molar-refractivity contribution in [3.8, 4) is 22.9 Å². The molecule has 7 N–H and O–H groups in total. The Morgan fingerprint density at radius 2 is 1.54 bits per heavy atom. The Kier molecular flexibility index (Phi) is 14.3. The van der Waals surface area contributed by atoms with Crippen LogP contribution in [0.25, 0.3) is 11.1 Å². The van der Waals surface area contributed by atoms with Crippen LogP contribution in [0.4, 0.5) is 5.69 Å². The van der Waals surface area contributed by atoms with Crippen LogP contribution in [-0.2, 0) is 29.1 Å². The van der Waals surface area contributed by atoms with Crippen LogP contribution in [0.15, 0.2) is 65.1 Å². The number of carbonyl (C=O) groups is 3. The second-order valence-corrected chi connectivity index (χ2v) is 14.3. The number of aromatic nitrogens is 1. The monoisotopic (exact) mass is 844 g/mol. The van der Waals surface area contributed by atoms with Gasteiger partial charge >= 0.3 is 11.9 Å². The highest BCUT2D eigenvalue weighted by molar-refractivity contribution is 9.10. The van der Waals surface area contributed by atoms with E-state index in [1.807, 2.05) is 30.3 Å². The number of aliphatic hydroxyl groups is 2. The fourth-order valence-corrected chi connectivity index (χ4v) is 7.23. The summed E-state index contributed by atoms with van der Waals surface area (Å²) in [5.74, 6) is -2.10. The van der Waals surface area contributed by atoms with E-state index in [4.69, 9.17) is 42.9 Å². The number of carbonyl (C=O) groups excluding carboxylic acids is 1. The van der Waals surface area contributed by atoms with Crippen molar-refractivity contribution in [2.45, 2.75) is 57.1 Å².